The number of carboxylic acid groups (broad SMARTS) is 1. The molecule has 0 spiro atoms. The first kappa shape index (κ1) is 11.8. The SMILES string of the molecule is CC(SCCCCCO)C(=O)O. The molecule has 0 rings (SSSR count). The van der Waals surface area contributed by atoms with Crippen LogP contribution in [0.25, 0.3) is 0 Å². The van der Waals surface area contributed by atoms with Crippen LogP contribution in [0.5, 0.6) is 0 Å². The summed E-state index contributed by atoms with van der Waals surface area (Å²) in [5.41, 5.74) is 0. The van der Waals surface area contributed by atoms with Gasteiger partial charge in [0.05, 0.1) is 5.25 Å². The molecule has 0 fully saturated rings. The summed E-state index contributed by atoms with van der Waals surface area (Å²) in [5, 5.41) is 16.7. The van der Waals surface area contributed by atoms with E-state index < -0.39 is 5.97 Å². The number of carboxylic acids is 1. The van der Waals surface area contributed by atoms with E-state index in [-0.39, 0.29) is 11.9 Å². The number of aliphatic hydroxyl groups is 1. The van der Waals surface area contributed by atoms with Crippen LogP contribution in [-0.4, -0.2) is 33.8 Å². The largest absolute Gasteiger partial charge is 0.480 e. The number of hydrogen-bond acceptors (Lipinski definition) is 3. The van der Waals surface area contributed by atoms with Gasteiger partial charge in [-0.25, -0.2) is 0 Å². The van der Waals surface area contributed by atoms with Gasteiger partial charge < -0.3 is 10.2 Å². The van der Waals surface area contributed by atoms with E-state index in [4.69, 9.17) is 10.2 Å². The lowest BCUT2D eigenvalue weighted by Gasteiger charge is -2.04. The van der Waals surface area contributed by atoms with Gasteiger partial charge in [-0.2, -0.15) is 0 Å². The van der Waals surface area contributed by atoms with Crippen molar-refractivity contribution in [1.82, 2.24) is 0 Å². The van der Waals surface area contributed by atoms with Crippen molar-refractivity contribution in [3.05, 3.63) is 0 Å². The number of aliphatic hydroxyl groups excluding tert-OH is 1. The second-order valence-electron chi connectivity index (χ2n) is 2.64. The fraction of sp³-hybridized carbons (Fsp3) is 0.875. The van der Waals surface area contributed by atoms with Crippen LogP contribution in [0.3, 0.4) is 0 Å². The molecule has 4 heteroatoms. The van der Waals surface area contributed by atoms with Crippen LogP contribution in [0, 0.1) is 0 Å². The predicted molar refractivity (Wildman–Crippen MR) is 50.5 cm³/mol. The Morgan fingerprint density at radius 3 is 2.58 bits per heavy atom. The van der Waals surface area contributed by atoms with Crippen LogP contribution >= 0.6 is 11.8 Å². The van der Waals surface area contributed by atoms with E-state index in [0.717, 1.165) is 25.0 Å². The lowest BCUT2D eigenvalue weighted by atomic mass is 10.3. The third kappa shape index (κ3) is 6.49. The number of aliphatic carboxylic acids is 1. The third-order valence-corrected chi connectivity index (χ3v) is 2.74. The zero-order valence-electron chi connectivity index (χ0n) is 7.32. The zero-order valence-corrected chi connectivity index (χ0v) is 8.14. The Kier molecular flexibility index (Phi) is 7.29. The van der Waals surface area contributed by atoms with Gasteiger partial charge in [-0.05, 0) is 25.5 Å². The molecule has 0 aliphatic rings. The van der Waals surface area contributed by atoms with Gasteiger partial charge in [-0.3, -0.25) is 4.79 Å². The Morgan fingerprint density at radius 1 is 1.42 bits per heavy atom. The summed E-state index contributed by atoms with van der Waals surface area (Å²) in [6.07, 6.45) is 2.79. The van der Waals surface area contributed by atoms with E-state index >= 15 is 0 Å². The van der Waals surface area contributed by atoms with E-state index in [1.807, 2.05) is 0 Å². The van der Waals surface area contributed by atoms with Crippen molar-refractivity contribution < 1.29 is 15.0 Å². The van der Waals surface area contributed by atoms with Crippen LogP contribution in [0.4, 0.5) is 0 Å². The maximum atomic E-state index is 10.4. The van der Waals surface area contributed by atoms with Gasteiger partial charge in [0.1, 0.15) is 0 Å². The molecular weight excluding hydrogens is 176 g/mol. The molecule has 0 saturated heterocycles. The van der Waals surface area contributed by atoms with Gasteiger partial charge in [-0.1, -0.05) is 6.42 Å². The highest BCUT2D eigenvalue weighted by atomic mass is 32.2. The minimum Gasteiger partial charge on any atom is -0.480 e. The molecule has 1 atom stereocenters. The first-order valence-corrected chi connectivity index (χ1v) is 5.18. The minimum atomic E-state index is -0.748. The van der Waals surface area contributed by atoms with Crippen molar-refractivity contribution in [2.24, 2.45) is 0 Å². The Labute approximate surface area is 77.2 Å². The Hall–Kier alpha value is -0.220. The standard InChI is InChI=1S/C8H16O3S/c1-7(8(10)11)12-6-4-2-3-5-9/h7,9H,2-6H2,1H3,(H,10,11). The number of rotatable bonds is 7. The van der Waals surface area contributed by atoms with Crippen LogP contribution in [0.2, 0.25) is 0 Å². The molecule has 12 heavy (non-hydrogen) atoms. The topological polar surface area (TPSA) is 57.5 Å². The normalized spacial score (nSPS) is 12.8. The molecule has 0 aliphatic heterocycles. The highest BCUT2D eigenvalue weighted by molar-refractivity contribution is 8.00. The lowest BCUT2D eigenvalue weighted by Crippen LogP contribution is -2.11. The highest BCUT2D eigenvalue weighted by Crippen LogP contribution is 2.13. The summed E-state index contributed by atoms with van der Waals surface area (Å²) in [6, 6.07) is 0. The van der Waals surface area contributed by atoms with Crippen LogP contribution in [-0.2, 0) is 4.79 Å². The second kappa shape index (κ2) is 7.43. The molecule has 72 valence electrons. The van der Waals surface area contributed by atoms with Crippen molar-refractivity contribution >= 4 is 17.7 Å². The number of unbranched alkanes of at least 4 members (excludes halogenated alkanes) is 2. The van der Waals surface area contributed by atoms with Crippen molar-refractivity contribution in [2.45, 2.75) is 31.4 Å². The highest BCUT2D eigenvalue weighted by Gasteiger charge is 2.09. The molecule has 3 nitrogen and oxygen atoms in total. The first-order valence-electron chi connectivity index (χ1n) is 4.13. The summed E-state index contributed by atoms with van der Waals surface area (Å²) in [6.45, 7) is 1.93. The fourth-order valence-corrected chi connectivity index (χ4v) is 1.59. The van der Waals surface area contributed by atoms with Crippen LogP contribution < -0.4 is 0 Å². The van der Waals surface area contributed by atoms with Gasteiger partial charge in [0, 0.05) is 6.61 Å². The van der Waals surface area contributed by atoms with E-state index in [0.29, 0.717) is 0 Å². The maximum Gasteiger partial charge on any atom is 0.316 e. The number of carbonyl (C=O) groups is 1. The van der Waals surface area contributed by atoms with E-state index in [9.17, 15) is 4.79 Å². The lowest BCUT2D eigenvalue weighted by molar-refractivity contribution is -0.136. The molecule has 2 N–H and O–H groups in total. The van der Waals surface area contributed by atoms with Gasteiger partial charge in [-0.15, -0.1) is 11.8 Å². The van der Waals surface area contributed by atoms with Gasteiger partial charge in [0.2, 0.25) is 0 Å². The first-order chi connectivity index (χ1) is 5.68. The van der Waals surface area contributed by atoms with E-state index in [1.54, 1.807) is 6.92 Å². The van der Waals surface area contributed by atoms with Gasteiger partial charge in [0.25, 0.3) is 0 Å². The molecular formula is C8H16O3S. The minimum absolute atomic E-state index is 0.235. The molecule has 0 amide bonds. The molecule has 0 aromatic rings. The number of thioether (sulfide) groups is 1. The van der Waals surface area contributed by atoms with Crippen molar-refractivity contribution in [3.8, 4) is 0 Å². The Morgan fingerprint density at radius 2 is 2.08 bits per heavy atom. The molecule has 0 heterocycles. The third-order valence-electron chi connectivity index (χ3n) is 1.52. The summed E-state index contributed by atoms with van der Waals surface area (Å²) in [5.74, 6) is 0.121. The summed E-state index contributed by atoms with van der Waals surface area (Å²) in [4.78, 5) is 10.4. The Bertz CT molecular complexity index is 127. The van der Waals surface area contributed by atoms with Crippen molar-refractivity contribution in [1.29, 1.82) is 0 Å². The summed E-state index contributed by atoms with van der Waals surface area (Å²) < 4.78 is 0. The average Bonchev–Trinajstić information content (AvgIpc) is 2.03. The number of hydrogen-bond donors (Lipinski definition) is 2. The maximum absolute atomic E-state index is 10.4. The molecule has 0 saturated carbocycles. The summed E-state index contributed by atoms with van der Waals surface area (Å²) in [7, 11) is 0. The molecule has 0 bridgehead atoms. The summed E-state index contributed by atoms with van der Waals surface area (Å²) >= 11 is 1.45. The van der Waals surface area contributed by atoms with Gasteiger partial charge in [0.15, 0.2) is 0 Å². The predicted octanol–water partition coefficient (Wildman–Crippen LogP) is 1.36. The van der Waals surface area contributed by atoms with E-state index in [2.05, 4.69) is 0 Å². The van der Waals surface area contributed by atoms with Crippen molar-refractivity contribution in [2.75, 3.05) is 12.4 Å². The zero-order chi connectivity index (χ0) is 9.40. The Balaban J connectivity index is 3.14. The second-order valence-corrected chi connectivity index (χ2v) is 4.08. The van der Waals surface area contributed by atoms with Crippen LogP contribution in [0.15, 0.2) is 0 Å². The quantitative estimate of drug-likeness (QED) is 0.598. The smallest absolute Gasteiger partial charge is 0.316 e. The molecule has 0 aliphatic carbocycles. The average molecular weight is 192 g/mol. The molecule has 0 aromatic carbocycles. The monoisotopic (exact) mass is 192 g/mol. The van der Waals surface area contributed by atoms with Crippen LogP contribution in [0.1, 0.15) is 26.2 Å². The van der Waals surface area contributed by atoms with Crippen molar-refractivity contribution in [3.63, 3.8) is 0 Å². The van der Waals surface area contributed by atoms with Gasteiger partial charge >= 0.3 is 5.97 Å². The van der Waals surface area contributed by atoms with E-state index in [1.165, 1.54) is 11.8 Å². The molecule has 0 radical (unpaired) electrons. The molecule has 0 aromatic heterocycles. The fourth-order valence-electron chi connectivity index (χ4n) is 0.722. The molecule has 1 unspecified atom stereocenters.